The molecule has 0 unspecified atom stereocenters. The van der Waals surface area contributed by atoms with Crippen LogP contribution in [-0.2, 0) is 22.6 Å². The Bertz CT molecular complexity index is 1680. The Balaban J connectivity index is 1.37. The molecule has 0 saturated heterocycles. The lowest BCUT2D eigenvalue weighted by Gasteiger charge is -2.14. The first-order valence-corrected chi connectivity index (χ1v) is 12.9. The van der Waals surface area contributed by atoms with Gasteiger partial charge in [0.1, 0.15) is 0 Å². The molecule has 5 rings (SSSR count). The minimum atomic E-state index is -4.53. The first-order chi connectivity index (χ1) is 17.5. The van der Waals surface area contributed by atoms with E-state index in [1.807, 2.05) is 0 Å². The van der Waals surface area contributed by atoms with Crippen LogP contribution in [-0.4, -0.2) is 35.0 Å². The Labute approximate surface area is 211 Å². The minimum Gasteiger partial charge on any atom is -0.347 e. The number of aromatic nitrogens is 3. The number of alkyl halides is 3. The standard InChI is InChI=1S/C23H16F3N5O4S2/c1-12-15(6-7-18-19(12)30-21(33)16-4-2-3-5-17(16)37(18,34)35)20(32)27-9-14-10-28-22(36-14)31-11-13(8-29-31)23(24,25)26/h2-8,10-11H,9H2,1H3,(H,27,32)(H,30,33). The van der Waals surface area contributed by atoms with E-state index in [2.05, 4.69) is 20.7 Å². The second-order valence-electron chi connectivity index (χ2n) is 8.03. The van der Waals surface area contributed by atoms with E-state index in [0.29, 0.717) is 11.1 Å². The fourth-order valence-electron chi connectivity index (χ4n) is 3.82. The molecule has 2 amide bonds. The summed E-state index contributed by atoms with van der Waals surface area (Å²) in [4.78, 5) is 30.0. The molecule has 3 heterocycles. The van der Waals surface area contributed by atoms with Crippen molar-refractivity contribution in [2.45, 2.75) is 29.4 Å². The summed E-state index contributed by atoms with van der Waals surface area (Å²) >= 11 is 1.04. The molecule has 14 heteroatoms. The van der Waals surface area contributed by atoms with Gasteiger partial charge in [-0.1, -0.05) is 23.5 Å². The van der Waals surface area contributed by atoms with E-state index < -0.39 is 33.4 Å². The third-order valence-corrected chi connectivity index (χ3v) is 8.53. The van der Waals surface area contributed by atoms with Gasteiger partial charge in [0.05, 0.1) is 39.3 Å². The van der Waals surface area contributed by atoms with Gasteiger partial charge in [-0.15, -0.1) is 0 Å². The van der Waals surface area contributed by atoms with Gasteiger partial charge in [-0.25, -0.2) is 18.1 Å². The number of fused-ring (bicyclic) bond motifs is 2. The van der Waals surface area contributed by atoms with Crippen molar-refractivity contribution in [1.29, 1.82) is 0 Å². The van der Waals surface area contributed by atoms with Crippen molar-refractivity contribution in [1.82, 2.24) is 20.1 Å². The molecule has 1 aliphatic rings. The molecule has 190 valence electrons. The molecule has 0 saturated carbocycles. The minimum absolute atomic E-state index is 0.00429. The Kier molecular flexibility index (Phi) is 5.87. The molecule has 2 aromatic heterocycles. The molecule has 1 aliphatic heterocycles. The van der Waals surface area contributed by atoms with Crippen molar-refractivity contribution in [3.63, 3.8) is 0 Å². The smallest absolute Gasteiger partial charge is 0.347 e. The summed E-state index contributed by atoms with van der Waals surface area (Å²) in [6.45, 7) is 1.54. The molecule has 9 nitrogen and oxygen atoms in total. The van der Waals surface area contributed by atoms with Gasteiger partial charge in [-0.3, -0.25) is 9.59 Å². The number of hydrogen-bond donors (Lipinski definition) is 2. The van der Waals surface area contributed by atoms with Gasteiger partial charge >= 0.3 is 6.18 Å². The maximum absolute atomic E-state index is 13.2. The predicted octanol–water partition coefficient (Wildman–Crippen LogP) is 3.98. The van der Waals surface area contributed by atoms with Crippen LogP contribution in [0.1, 0.15) is 36.7 Å². The number of carbonyl (C=O) groups is 2. The highest BCUT2D eigenvalue weighted by Gasteiger charge is 2.34. The average Bonchev–Trinajstić information content (AvgIpc) is 3.51. The molecule has 2 N–H and O–H groups in total. The Morgan fingerprint density at radius 2 is 1.89 bits per heavy atom. The number of rotatable bonds is 4. The van der Waals surface area contributed by atoms with E-state index in [1.54, 1.807) is 6.07 Å². The molecular weight excluding hydrogens is 531 g/mol. The topological polar surface area (TPSA) is 123 Å². The molecule has 0 fully saturated rings. The van der Waals surface area contributed by atoms with Gasteiger partial charge in [-0.2, -0.15) is 18.3 Å². The quantitative estimate of drug-likeness (QED) is 0.399. The summed E-state index contributed by atoms with van der Waals surface area (Å²) < 4.78 is 65.9. The molecule has 0 bridgehead atoms. The predicted molar refractivity (Wildman–Crippen MR) is 126 cm³/mol. The van der Waals surface area contributed by atoms with Gasteiger partial charge in [0.15, 0.2) is 0 Å². The average molecular weight is 548 g/mol. The fourth-order valence-corrected chi connectivity index (χ4v) is 6.27. The number of nitrogens with one attached hydrogen (secondary N) is 2. The molecule has 37 heavy (non-hydrogen) atoms. The molecule has 0 atom stereocenters. The number of anilines is 1. The highest BCUT2D eigenvalue weighted by atomic mass is 32.2. The van der Waals surface area contributed by atoms with E-state index in [-0.39, 0.29) is 43.8 Å². The molecule has 2 aromatic carbocycles. The number of halogens is 3. The number of carbonyl (C=O) groups excluding carboxylic acids is 2. The fraction of sp³-hybridized carbons (Fsp3) is 0.130. The lowest BCUT2D eigenvalue weighted by molar-refractivity contribution is -0.137. The molecule has 0 aliphatic carbocycles. The molecule has 0 radical (unpaired) electrons. The molecule has 4 aromatic rings. The molecule has 0 spiro atoms. The number of nitrogens with zero attached hydrogens (tertiary/aromatic N) is 3. The summed E-state index contributed by atoms with van der Waals surface area (Å²) in [5.41, 5.74) is -0.473. The first kappa shape index (κ1) is 24.6. The van der Waals surface area contributed by atoms with Crippen LogP contribution in [0.15, 0.2) is 64.8 Å². The summed E-state index contributed by atoms with van der Waals surface area (Å²) in [5, 5.41) is 9.16. The van der Waals surface area contributed by atoms with E-state index in [1.165, 1.54) is 43.5 Å². The van der Waals surface area contributed by atoms with Crippen LogP contribution >= 0.6 is 11.3 Å². The number of thiazole rings is 1. The van der Waals surface area contributed by atoms with Crippen molar-refractivity contribution in [2.75, 3.05) is 5.32 Å². The van der Waals surface area contributed by atoms with Gasteiger partial charge in [0.25, 0.3) is 11.8 Å². The zero-order chi connectivity index (χ0) is 26.5. The summed E-state index contributed by atoms with van der Waals surface area (Å²) in [5.74, 6) is -1.15. The maximum atomic E-state index is 13.2. The SMILES string of the molecule is Cc1c(C(=O)NCc2cnc(-n3cc(C(F)(F)F)cn3)s2)ccc2c1NC(=O)c1ccccc1S2(=O)=O. The van der Waals surface area contributed by atoms with Gasteiger partial charge in [0, 0.05) is 22.8 Å². The van der Waals surface area contributed by atoms with Crippen molar-refractivity contribution in [3.05, 3.63) is 82.1 Å². The normalized spacial score (nSPS) is 14.3. The second-order valence-corrected chi connectivity index (χ2v) is 11.0. The largest absolute Gasteiger partial charge is 0.419 e. The van der Waals surface area contributed by atoms with Gasteiger partial charge < -0.3 is 10.6 Å². The molecular formula is C23H16F3N5O4S2. The van der Waals surface area contributed by atoms with Gasteiger partial charge in [0.2, 0.25) is 15.0 Å². The lowest BCUT2D eigenvalue weighted by atomic mass is 10.1. The number of hydrogen-bond acceptors (Lipinski definition) is 7. The van der Waals surface area contributed by atoms with Crippen LogP contribution in [0.2, 0.25) is 0 Å². The lowest BCUT2D eigenvalue weighted by Crippen LogP contribution is -2.24. The number of amides is 2. The monoisotopic (exact) mass is 547 g/mol. The van der Waals surface area contributed by atoms with Crippen LogP contribution in [0, 0.1) is 6.92 Å². The van der Waals surface area contributed by atoms with Crippen molar-refractivity contribution in [3.8, 4) is 5.13 Å². The van der Waals surface area contributed by atoms with Crippen LogP contribution in [0.25, 0.3) is 5.13 Å². The summed E-state index contributed by atoms with van der Waals surface area (Å²) in [6, 6.07) is 8.48. The Hall–Kier alpha value is -4.04. The van der Waals surface area contributed by atoms with Crippen molar-refractivity contribution >= 4 is 38.7 Å². The zero-order valence-corrected chi connectivity index (χ0v) is 20.5. The van der Waals surface area contributed by atoms with E-state index in [0.717, 1.165) is 22.2 Å². The Morgan fingerprint density at radius 1 is 1.14 bits per heavy atom. The van der Waals surface area contributed by atoms with Crippen LogP contribution in [0.4, 0.5) is 18.9 Å². The van der Waals surface area contributed by atoms with E-state index in [4.69, 9.17) is 0 Å². The third kappa shape index (κ3) is 4.38. The highest BCUT2D eigenvalue weighted by Crippen LogP contribution is 2.37. The Morgan fingerprint density at radius 3 is 2.62 bits per heavy atom. The van der Waals surface area contributed by atoms with Crippen LogP contribution < -0.4 is 10.6 Å². The van der Waals surface area contributed by atoms with Crippen molar-refractivity contribution < 1.29 is 31.2 Å². The van der Waals surface area contributed by atoms with E-state index >= 15 is 0 Å². The van der Waals surface area contributed by atoms with Crippen LogP contribution in [0.3, 0.4) is 0 Å². The number of benzene rings is 2. The first-order valence-electron chi connectivity index (χ1n) is 10.6. The third-order valence-electron chi connectivity index (χ3n) is 5.69. The van der Waals surface area contributed by atoms with E-state index in [9.17, 15) is 31.2 Å². The van der Waals surface area contributed by atoms with Gasteiger partial charge in [-0.05, 0) is 36.8 Å². The highest BCUT2D eigenvalue weighted by molar-refractivity contribution is 7.91. The summed E-state index contributed by atoms with van der Waals surface area (Å²) in [6.07, 6.45) is -1.61. The zero-order valence-electron chi connectivity index (χ0n) is 18.8. The maximum Gasteiger partial charge on any atom is 0.419 e. The van der Waals surface area contributed by atoms with Crippen molar-refractivity contribution in [2.24, 2.45) is 0 Å². The second kappa shape index (κ2) is 8.81. The summed E-state index contributed by atoms with van der Waals surface area (Å²) in [7, 11) is -4.02. The number of sulfone groups is 1. The van der Waals surface area contributed by atoms with Crippen LogP contribution in [0.5, 0.6) is 0 Å².